The molecular weight excluding hydrogens is 731 g/mol. The van der Waals surface area contributed by atoms with E-state index >= 15 is 17.6 Å². The number of ether oxygens (including phenoxy) is 3. The third kappa shape index (κ3) is 9.81. The van der Waals surface area contributed by atoms with Crippen LogP contribution in [0.4, 0.5) is 74.6 Å². The van der Waals surface area contributed by atoms with Crippen molar-refractivity contribution in [2.45, 2.75) is 165 Å². The molecule has 0 amide bonds. The second-order valence-electron chi connectivity index (χ2n) is 11.9. The molecule has 0 heterocycles. The molecule has 1 atom stereocenters. The number of unbranched alkanes of at least 4 members (excludes halogenated alkanes) is 8. The molecule has 1 unspecified atom stereocenters. The summed E-state index contributed by atoms with van der Waals surface area (Å²) in [5.41, 5.74) is 0. The largest absolute Gasteiger partial charge is 0.460 e. The lowest BCUT2D eigenvalue weighted by Gasteiger charge is -2.47. The first kappa shape index (κ1) is 48.7. The summed E-state index contributed by atoms with van der Waals surface area (Å²) in [5.74, 6) is -64.3. The summed E-state index contributed by atoms with van der Waals surface area (Å²) in [6.07, 6.45) is -7.20. The molecule has 0 aromatic carbocycles. The minimum Gasteiger partial charge on any atom is -0.327 e. The molecule has 0 aliphatic rings. The molecule has 20 heteroatoms. The first-order chi connectivity index (χ1) is 22.6. The summed E-state index contributed by atoms with van der Waals surface area (Å²) < 4.78 is 258. The first-order valence-electron chi connectivity index (χ1n) is 16.3. The molecule has 3 nitrogen and oxygen atoms in total. The fourth-order valence-electron chi connectivity index (χ4n) is 4.61. The molecule has 0 bridgehead atoms. The summed E-state index contributed by atoms with van der Waals surface area (Å²) in [6.45, 7) is 4.43. The quantitative estimate of drug-likeness (QED) is 0.0472. The van der Waals surface area contributed by atoms with E-state index in [1.807, 2.05) is 0 Å². The van der Waals surface area contributed by atoms with Crippen molar-refractivity contribution >= 4 is 0 Å². The highest BCUT2D eigenvalue weighted by Crippen LogP contribution is 2.65. The Kier molecular flexibility index (Phi) is 18.1. The Bertz CT molecular complexity index is 944. The fourth-order valence-corrected chi connectivity index (χ4v) is 4.61. The summed E-state index contributed by atoms with van der Waals surface area (Å²) in [7, 11) is 0. The Balaban J connectivity index is 7.55. The van der Waals surface area contributed by atoms with Crippen LogP contribution in [0.5, 0.6) is 0 Å². The van der Waals surface area contributed by atoms with Crippen LogP contribution < -0.4 is 0 Å². The second kappa shape index (κ2) is 18.6. The van der Waals surface area contributed by atoms with Crippen molar-refractivity contribution < 1.29 is 88.8 Å². The molecule has 0 aromatic heterocycles. The molecule has 0 saturated carbocycles. The van der Waals surface area contributed by atoms with Gasteiger partial charge in [-0.25, -0.2) is 0 Å². The van der Waals surface area contributed by atoms with E-state index in [9.17, 15) is 57.1 Å². The van der Waals surface area contributed by atoms with Crippen LogP contribution in [0.25, 0.3) is 0 Å². The minimum absolute atomic E-state index is 0.0370. The Morgan fingerprint density at radius 3 is 1.00 bits per heavy atom. The average Bonchev–Trinajstić information content (AvgIpc) is 2.99. The van der Waals surface area contributed by atoms with Gasteiger partial charge in [-0.1, -0.05) is 85.5 Å². The van der Waals surface area contributed by atoms with Gasteiger partial charge in [-0.15, -0.1) is 0 Å². The molecule has 0 aliphatic heterocycles. The lowest BCUT2D eigenvalue weighted by Crippen LogP contribution is -2.75. The van der Waals surface area contributed by atoms with Gasteiger partial charge in [0.2, 0.25) is 0 Å². The zero-order valence-corrected chi connectivity index (χ0v) is 28.0. The van der Waals surface area contributed by atoms with Crippen LogP contribution in [0.15, 0.2) is 0 Å². The standard InChI is InChI=1S/C30H45F17O3/c1-5-9-13-14-15-16-17-21(23(48-18-10-6-2,49-19-11-7-3)50-20-12-8-4)22(31,32)24(33,34)25(35,36)26(37,38)27(39,40)28(41,42)29(43,44)30(45,46)47/h21H,5-20H2,1-4H3. The Morgan fingerprint density at radius 1 is 0.360 bits per heavy atom. The Morgan fingerprint density at radius 2 is 0.660 bits per heavy atom. The average molecular weight is 777 g/mol. The minimum atomic E-state index is -8.71. The first-order valence-corrected chi connectivity index (χ1v) is 16.3. The van der Waals surface area contributed by atoms with Crippen LogP contribution in [0, 0.1) is 5.92 Å². The maximum absolute atomic E-state index is 16.1. The van der Waals surface area contributed by atoms with Gasteiger partial charge < -0.3 is 14.2 Å². The normalized spacial score (nSPS) is 15.5. The third-order valence-electron chi connectivity index (χ3n) is 7.86. The second-order valence-corrected chi connectivity index (χ2v) is 11.9. The van der Waals surface area contributed by atoms with E-state index in [0.29, 0.717) is 19.3 Å². The van der Waals surface area contributed by atoms with Crippen molar-refractivity contribution in [1.29, 1.82) is 0 Å². The van der Waals surface area contributed by atoms with Gasteiger partial charge >= 0.3 is 47.6 Å². The van der Waals surface area contributed by atoms with E-state index in [-0.39, 0.29) is 51.4 Å². The molecule has 0 radical (unpaired) electrons. The number of hydrogen-bond donors (Lipinski definition) is 0. The fraction of sp³-hybridized carbons (Fsp3) is 1.00. The van der Waals surface area contributed by atoms with E-state index in [1.54, 1.807) is 27.7 Å². The van der Waals surface area contributed by atoms with Crippen molar-refractivity contribution in [3.05, 3.63) is 0 Å². The lowest BCUT2D eigenvalue weighted by atomic mass is 9.81. The van der Waals surface area contributed by atoms with Crippen LogP contribution in [0.1, 0.15) is 111 Å². The zero-order valence-electron chi connectivity index (χ0n) is 28.0. The maximum Gasteiger partial charge on any atom is 0.460 e. The van der Waals surface area contributed by atoms with Gasteiger partial charge in [0, 0.05) is 0 Å². The summed E-state index contributed by atoms with van der Waals surface area (Å²) >= 11 is 0. The summed E-state index contributed by atoms with van der Waals surface area (Å²) in [5, 5.41) is 0. The van der Waals surface area contributed by atoms with E-state index in [0.717, 1.165) is 0 Å². The smallest absolute Gasteiger partial charge is 0.327 e. The van der Waals surface area contributed by atoms with Crippen LogP contribution in [-0.2, 0) is 14.2 Å². The number of rotatable bonds is 27. The number of hydrogen-bond acceptors (Lipinski definition) is 3. The van der Waals surface area contributed by atoms with E-state index in [2.05, 4.69) is 0 Å². The van der Waals surface area contributed by atoms with E-state index in [1.165, 1.54) is 0 Å². The number of alkyl halides is 17. The van der Waals surface area contributed by atoms with E-state index < -0.39 is 92.2 Å². The van der Waals surface area contributed by atoms with Crippen molar-refractivity contribution in [3.8, 4) is 0 Å². The molecule has 0 rings (SSSR count). The highest BCUT2D eigenvalue weighted by Gasteiger charge is 2.95. The molecule has 0 saturated heterocycles. The Hall–Kier alpha value is -1.31. The SMILES string of the molecule is CCCCCCCCC(C(OCCCC)(OCCCC)OCCCC)C(F)(F)C(F)(F)C(F)(F)C(F)(F)C(F)(F)C(F)(F)C(F)(F)C(F)(F)F. The molecule has 0 spiro atoms. The molecule has 302 valence electrons. The van der Waals surface area contributed by atoms with Crippen molar-refractivity contribution in [2.24, 2.45) is 5.92 Å². The van der Waals surface area contributed by atoms with Crippen molar-refractivity contribution in [1.82, 2.24) is 0 Å². The predicted octanol–water partition coefficient (Wildman–Crippen LogP) is 12.5. The van der Waals surface area contributed by atoms with Crippen molar-refractivity contribution in [3.63, 3.8) is 0 Å². The van der Waals surface area contributed by atoms with Gasteiger partial charge in [-0.05, 0) is 25.7 Å². The summed E-state index contributed by atoms with van der Waals surface area (Å²) in [6, 6.07) is 0. The molecule has 50 heavy (non-hydrogen) atoms. The Labute approximate surface area is 279 Å². The maximum atomic E-state index is 16.1. The van der Waals surface area contributed by atoms with Gasteiger partial charge in [0.25, 0.3) is 5.97 Å². The van der Waals surface area contributed by atoms with Gasteiger partial charge in [-0.2, -0.15) is 74.6 Å². The van der Waals surface area contributed by atoms with Gasteiger partial charge in [0.05, 0.1) is 19.8 Å². The van der Waals surface area contributed by atoms with Gasteiger partial charge in [0.15, 0.2) is 0 Å². The zero-order chi connectivity index (χ0) is 39.5. The topological polar surface area (TPSA) is 27.7 Å². The van der Waals surface area contributed by atoms with E-state index in [4.69, 9.17) is 14.2 Å². The van der Waals surface area contributed by atoms with Crippen molar-refractivity contribution in [2.75, 3.05) is 19.8 Å². The highest BCUT2D eigenvalue weighted by atomic mass is 19.4. The lowest BCUT2D eigenvalue weighted by molar-refractivity contribution is -0.479. The predicted molar refractivity (Wildman–Crippen MR) is 147 cm³/mol. The van der Waals surface area contributed by atoms with Gasteiger partial charge in [0.1, 0.15) is 5.92 Å². The molecular formula is C30H45F17O3. The molecule has 0 fully saturated rings. The van der Waals surface area contributed by atoms with Gasteiger partial charge in [-0.3, -0.25) is 0 Å². The molecule has 0 aliphatic carbocycles. The third-order valence-corrected chi connectivity index (χ3v) is 7.86. The monoisotopic (exact) mass is 776 g/mol. The van der Waals surface area contributed by atoms with Crippen LogP contribution >= 0.6 is 0 Å². The van der Waals surface area contributed by atoms with Crippen LogP contribution in [0.2, 0.25) is 0 Å². The highest BCUT2D eigenvalue weighted by molar-refractivity contribution is 5.16. The van der Waals surface area contributed by atoms with Crippen LogP contribution in [0.3, 0.4) is 0 Å². The number of halogens is 17. The van der Waals surface area contributed by atoms with Crippen LogP contribution in [-0.4, -0.2) is 73.4 Å². The molecule has 0 N–H and O–H groups in total. The summed E-state index contributed by atoms with van der Waals surface area (Å²) in [4.78, 5) is 0. The molecule has 0 aromatic rings.